The van der Waals surface area contributed by atoms with Crippen molar-refractivity contribution in [2.45, 2.75) is 5.66 Å². The summed E-state index contributed by atoms with van der Waals surface area (Å²) in [5, 5.41) is 0. The summed E-state index contributed by atoms with van der Waals surface area (Å²) in [7, 11) is 0. The molecule has 0 atom stereocenters. The topological polar surface area (TPSA) is 35.1 Å². The molecule has 1 spiro atoms. The van der Waals surface area contributed by atoms with E-state index in [1.54, 1.807) is 0 Å². The third-order valence-electron chi connectivity index (χ3n) is 9.51. The van der Waals surface area contributed by atoms with Crippen LogP contribution < -0.4 is 24.3 Å². The van der Waals surface area contributed by atoms with Crippen LogP contribution in [-0.2, 0) is 5.66 Å². The quantitative estimate of drug-likeness (QED) is 0.182. The van der Waals surface area contributed by atoms with E-state index in [-0.39, 0.29) is 0 Å². The maximum atomic E-state index is 6.48. The lowest BCUT2D eigenvalue weighted by Gasteiger charge is -2.49. The van der Waals surface area contributed by atoms with Gasteiger partial charge in [0.15, 0.2) is 11.5 Å². The molecule has 0 radical (unpaired) electrons. The van der Waals surface area contributed by atoms with Gasteiger partial charge in [-0.2, -0.15) is 0 Å². The van der Waals surface area contributed by atoms with Crippen molar-refractivity contribution in [3.05, 3.63) is 151 Å². The van der Waals surface area contributed by atoms with E-state index in [4.69, 9.17) is 9.72 Å². The molecular weight excluding hydrogens is 542 g/mol. The molecule has 1 aliphatic carbocycles. The number of para-hydroxylation sites is 2. The summed E-state index contributed by atoms with van der Waals surface area (Å²) in [4.78, 5) is 14.9. The summed E-state index contributed by atoms with van der Waals surface area (Å²) in [6.45, 7) is 1.27. The van der Waals surface area contributed by atoms with Crippen LogP contribution in [0.5, 0.6) is 11.5 Å². The number of benzene rings is 5. The Bertz CT molecular complexity index is 1970. The van der Waals surface area contributed by atoms with Crippen LogP contribution in [0.2, 0.25) is 0 Å². The first-order chi connectivity index (χ1) is 21.8. The molecule has 4 aliphatic rings. The lowest BCUT2D eigenvalue weighted by atomic mass is 9.92. The highest BCUT2D eigenvalue weighted by Gasteiger charge is 2.57. The van der Waals surface area contributed by atoms with E-state index in [9.17, 15) is 0 Å². The monoisotopic (exact) mass is 569 g/mol. The predicted octanol–water partition coefficient (Wildman–Crippen LogP) is 8.60. The summed E-state index contributed by atoms with van der Waals surface area (Å²) in [5.41, 5.74) is 10.00. The largest absolute Gasteiger partial charge is 0.457 e. The smallest absolute Gasteiger partial charge is 0.170 e. The van der Waals surface area contributed by atoms with Crippen LogP contribution in [0.15, 0.2) is 140 Å². The first-order valence-corrected chi connectivity index (χ1v) is 15.0. The number of pyridine rings is 1. The van der Waals surface area contributed by atoms with Crippen LogP contribution in [-0.4, -0.2) is 18.3 Å². The van der Waals surface area contributed by atoms with Gasteiger partial charge in [0.25, 0.3) is 0 Å². The molecule has 6 nitrogen and oxygen atoms in total. The molecule has 5 aromatic carbocycles. The van der Waals surface area contributed by atoms with E-state index < -0.39 is 5.66 Å². The molecule has 1 aromatic heterocycles. The Hall–Kier alpha value is -5.75. The Morgan fingerprint density at radius 3 is 1.82 bits per heavy atom. The molecule has 3 aliphatic heterocycles. The van der Waals surface area contributed by atoms with Gasteiger partial charge in [-0.1, -0.05) is 72.8 Å². The van der Waals surface area contributed by atoms with E-state index in [2.05, 4.69) is 141 Å². The van der Waals surface area contributed by atoms with Crippen molar-refractivity contribution < 1.29 is 4.74 Å². The van der Waals surface area contributed by atoms with Crippen molar-refractivity contribution in [2.24, 2.45) is 0 Å². The predicted molar refractivity (Wildman–Crippen MR) is 175 cm³/mol. The third kappa shape index (κ3) is 3.01. The van der Waals surface area contributed by atoms with E-state index in [0.717, 1.165) is 34.4 Å². The van der Waals surface area contributed by atoms with E-state index in [1.165, 1.54) is 33.6 Å². The fourth-order valence-corrected chi connectivity index (χ4v) is 7.77. The van der Waals surface area contributed by atoms with Crippen LogP contribution in [0.3, 0.4) is 0 Å². The van der Waals surface area contributed by atoms with Gasteiger partial charge < -0.3 is 24.3 Å². The lowest BCUT2D eigenvalue weighted by molar-refractivity contribution is 0.470. The maximum Gasteiger partial charge on any atom is 0.170 e. The van der Waals surface area contributed by atoms with Crippen molar-refractivity contribution in [2.75, 3.05) is 32.9 Å². The van der Waals surface area contributed by atoms with Gasteiger partial charge in [-0.25, -0.2) is 4.98 Å². The number of anilines is 6. The molecule has 10 rings (SSSR count). The highest BCUT2D eigenvalue weighted by atomic mass is 16.5. The van der Waals surface area contributed by atoms with Crippen LogP contribution in [0.1, 0.15) is 11.1 Å². The molecule has 210 valence electrons. The molecule has 0 fully saturated rings. The van der Waals surface area contributed by atoms with E-state index in [0.29, 0.717) is 13.3 Å². The Morgan fingerprint density at radius 2 is 1.09 bits per heavy atom. The SMILES string of the molecule is c1cc2cc(c1)N1CN(c3ccccc31)C1(c3ccccc3-c3ccccc31)N1CN(c3cccc(c3)O2)c2ncccc21. The van der Waals surface area contributed by atoms with E-state index in [1.807, 2.05) is 18.3 Å². The van der Waals surface area contributed by atoms with Gasteiger partial charge in [0, 0.05) is 40.8 Å². The number of hydrogen-bond donors (Lipinski definition) is 0. The van der Waals surface area contributed by atoms with E-state index >= 15 is 0 Å². The standard InChI is InChI=1S/C38H27N5O/c1-3-16-32-30(14-1)31-15-2-4-17-33(31)38(32)42-24-40(34-18-5-6-19-35(34)42)26-10-7-12-28(22-26)44-29-13-8-11-27(23-29)41-25-43(38)36-20-9-21-39-37(36)41/h1-23H,24-25H2. The molecule has 0 saturated heterocycles. The molecule has 6 heteroatoms. The summed E-state index contributed by atoms with van der Waals surface area (Å²) < 4.78 is 6.48. The zero-order valence-electron chi connectivity index (χ0n) is 23.8. The van der Waals surface area contributed by atoms with Crippen molar-refractivity contribution >= 4 is 34.3 Å². The van der Waals surface area contributed by atoms with Gasteiger partial charge in [-0.15, -0.1) is 0 Å². The van der Waals surface area contributed by atoms with Crippen LogP contribution in [0.4, 0.5) is 34.3 Å². The number of ether oxygens (including phenoxy) is 1. The Morgan fingerprint density at radius 1 is 0.523 bits per heavy atom. The molecule has 0 N–H and O–H groups in total. The Kier molecular flexibility index (Phi) is 4.67. The zero-order chi connectivity index (χ0) is 28.8. The molecule has 0 unspecified atom stereocenters. The molecular formula is C38H27N5O. The minimum Gasteiger partial charge on any atom is -0.457 e. The van der Waals surface area contributed by atoms with Gasteiger partial charge >= 0.3 is 0 Å². The molecule has 8 bridgehead atoms. The fraction of sp³-hybridized carbons (Fsp3) is 0.0789. The number of rotatable bonds is 0. The fourth-order valence-electron chi connectivity index (χ4n) is 7.77. The molecule has 0 amide bonds. The van der Waals surface area contributed by atoms with Gasteiger partial charge in [-0.3, -0.25) is 0 Å². The molecule has 4 heterocycles. The highest BCUT2D eigenvalue weighted by Crippen LogP contribution is 2.60. The molecule has 44 heavy (non-hydrogen) atoms. The number of fused-ring (bicyclic) bond motifs is 23. The van der Waals surface area contributed by atoms with Gasteiger partial charge in [-0.05, 0) is 59.7 Å². The average Bonchev–Trinajstić information content (AvgIpc) is 3.74. The summed E-state index contributed by atoms with van der Waals surface area (Å²) in [6.07, 6.45) is 1.89. The third-order valence-corrected chi connectivity index (χ3v) is 9.51. The summed E-state index contributed by atoms with van der Waals surface area (Å²) in [6, 6.07) is 47.7. The lowest BCUT2D eigenvalue weighted by Crippen LogP contribution is -2.59. The molecule has 6 aromatic rings. The molecule has 0 saturated carbocycles. The van der Waals surface area contributed by atoms with Gasteiger partial charge in [0.05, 0.1) is 30.4 Å². The highest BCUT2D eigenvalue weighted by molar-refractivity contribution is 5.93. The first-order valence-electron chi connectivity index (χ1n) is 15.0. The number of hydrogen-bond acceptors (Lipinski definition) is 6. The van der Waals surface area contributed by atoms with Crippen molar-refractivity contribution in [1.82, 2.24) is 4.98 Å². The Balaban J connectivity index is 1.34. The van der Waals surface area contributed by atoms with Crippen molar-refractivity contribution in [3.8, 4) is 22.6 Å². The minimum absolute atomic E-state index is 0.614. The summed E-state index contributed by atoms with van der Waals surface area (Å²) >= 11 is 0. The minimum atomic E-state index is -0.652. The maximum absolute atomic E-state index is 6.48. The normalized spacial score (nSPS) is 16.2. The van der Waals surface area contributed by atoms with Crippen LogP contribution in [0.25, 0.3) is 11.1 Å². The van der Waals surface area contributed by atoms with Crippen LogP contribution in [0, 0.1) is 0 Å². The second kappa shape index (κ2) is 8.64. The number of nitrogens with zero attached hydrogens (tertiary/aromatic N) is 5. The second-order valence-electron chi connectivity index (χ2n) is 11.7. The van der Waals surface area contributed by atoms with Gasteiger partial charge in [0.2, 0.25) is 0 Å². The van der Waals surface area contributed by atoms with Crippen molar-refractivity contribution in [3.63, 3.8) is 0 Å². The Labute approximate surface area is 255 Å². The number of aromatic nitrogens is 1. The second-order valence-corrected chi connectivity index (χ2v) is 11.7. The summed E-state index contributed by atoms with van der Waals surface area (Å²) in [5.74, 6) is 2.54. The van der Waals surface area contributed by atoms with Gasteiger partial charge in [0.1, 0.15) is 11.5 Å². The zero-order valence-corrected chi connectivity index (χ0v) is 23.8. The van der Waals surface area contributed by atoms with Crippen molar-refractivity contribution in [1.29, 1.82) is 0 Å². The average molecular weight is 570 g/mol. The van der Waals surface area contributed by atoms with Crippen LogP contribution >= 0.6 is 0 Å². The first kappa shape index (κ1) is 23.8.